The quantitative estimate of drug-likeness (QED) is 0.771. The first-order valence-electron chi connectivity index (χ1n) is 3.40. The van der Waals surface area contributed by atoms with Gasteiger partial charge in [0, 0.05) is 4.47 Å². The van der Waals surface area contributed by atoms with E-state index >= 15 is 0 Å². The Hall–Kier alpha value is -1.11. The molecule has 0 atom stereocenters. The van der Waals surface area contributed by atoms with Crippen LogP contribution in [0.15, 0.2) is 16.6 Å². The molecule has 1 aromatic carbocycles. The zero-order valence-electron chi connectivity index (χ0n) is 6.73. The van der Waals surface area contributed by atoms with Gasteiger partial charge in [0.2, 0.25) is 0 Å². The van der Waals surface area contributed by atoms with Crippen molar-refractivity contribution in [3.8, 4) is 5.75 Å². The highest BCUT2D eigenvalue weighted by Gasteiger charge is 2.32. The molecule has 4 N–H and O–H groups in total. The van der Waals surface area contributed by atoms with Crippen molar-refractivity contribution in [2.75, 3.05) is 11.5 Å². The van der Waals surface area contributed by atoms with Crippen molar-refractivity contribution in [1.29, 1.82) is 0 Å². The molecule has 0 aliphatic rings. The van der Waals surface area contributed by atoms with Crippen molar-refractivity contribution >= 4 is 27.3 Å². The Morgan fingerprint density at radius 1 is 1.14 bits per heavy atom. The number of benzene rings is 1. The third-order valence-corrected chi connectivity index (χ3v) is 2.11. The third-order valence-electron chi connectivity index (χ3n) is 1.42. The highest BCUT2D eigenvalue weighted by atomic mass is 79.9. The second kappa shape index (κ2) is 3.56. The lowest BCUT2D eigenvalue weighted by atomic mass is 10.2. The lowest BCUT2D eigenvalue weighted by molar-refractivity contribution is -0.274. The minimum atomic E-state index is -4.77. The van der Waals surface area contributed by atoms with Gasteiger partial charge in [-0.3, -0.25) is 0 Å². The van der Waals surface area contributed by atoms with Crippen LogP contribution >= 0.6 is 15.9 Å². The topological polar surface area (TPSA) is 61.3 Å². The first-order valence-corrected chi connectivity index (χ1v) is 4.20. The van der Waals surface area contributed by atoms with Crippen molar-refractivity contribution in [3.05, 3.63) is 16.6 Å². The molecule has 0 fully saturated rings. The number of nitrogens with two attached hydrogens (primary N) is 2. The maximum atomic E-state index is 11.8. The number of hydrogen-bond donors (Lipinski definition) is 2. The minimum absolute atomic E-state index is 0.0201. The zero-order chi connectivity index (χ0) is 10.9. The van der Waals surface area contributed by atoms with Gasteiger partial charge >= 0.3 is 6.36 Å². The van der Waals surface area contributed by atoms with Crippen molar-refractivity contribution < 1.29 is 17.9 Å². The summed E-state index contributed by atoms with van der Waals surface area (Å²) in [5.74, 6) is -0.502. The highest BCUT2D eigenvalue weighted by Crippen LogP contribution is 2.36. The number of hydrogen-bond acceptors (Lipinski definition) is 3. The zero-order valence-corrected chi connectivity index (χ0v) is 8.32. The summed E-state index contributed by atoms with van der Waals surface area (Å²) in [6.45, 7) is 0. The maximum Gasteiger partial charge on any atom is 0.573 e. The van der Waals surface area contributed by atoms with Gasteiger partial charge in [0.05, 0.1) is 11.4 Å². The van der Waals surface area contributed by atoms with Crippen LogP contribution in [0, 0.1) is 0 Å². The second-order valence-electron chi connectivity index (χ2n) is 2.42. The van der Waals surface area contributed by atoms with Crippen LogP contribution in [0.2, 0.25) is 0 Å². The van der Waals surface area contributed by atoms with Crippen molar-refractivity contribution in [1.82, 2.24) is 0 Å². The van der Waals surface area contributed by atoms with Crippen LogP contribution in [0.4, 0.5) is 24.5 Å². The summed E-state index contributed by atoms with van der Waals surface area (Å²) >= 11 is 3.02. The van der Waals surface area contributed by atoms with Crippen LogP contribution in [0.1, 0.15) is 0 Å². The Bertz CT molecular complexity index is 354. The molecule has 0 heterocycles. The molecule has 0 aromatic heterocycles. The average molecular weight is 271 g/mol. The molecule has 0 aliphatic carbocycles. The Morgan fingerprint density at radius 3 is 2.21 bits per heavy atom. The van der Waals surface area contributed by atoms with Gasteiger partial charge in [-0.1, -0.05) is 0 Å². The molecular weight excluding hydrogens is 265 g/mol. The molecule has 1 rings (SSSR count). The fourth-order valence-corrected chi connectivity index (χ4v) is 1.15. The number of alkyl halides is 3. The summed E-state index contributed by atoms with van der Waals surface area (Å²) in [7, 11) is 0. The smallest absolute Gasteiger partial charge is 0.403 e. The summed E-state index contributed by atoms with van der Waals surface area (Å²) in [6.07, 6.45) is -4.77. The normalized spacial score (nSPS) is 11.4. The number of halogens is 4. The number of nitrogen functional groups attached to an aromatic ring is 2. The summed E-state index contributed by atoms with van der Waals surface area (Å²) < 4.78 is 39.5. The predicted octanol–water partition coefficient (Wildman–Crippen LogP) is 2.51. The molecule has 0 bridgehead atoms. The summed E-state index contributed by atoms with van der Waals surface area (Å²) in [5, 5.41) is 0. The van der Waals surface area contributed by atoms with Gasteiger partial charge in [0.15, 0.2) is 5.75 Å². The fourth-order valence-electron chi connectivity index (χ4n) is 0.803. The first-order chi connectivity index (χ1) is 6.31. The lowest BCUT2D eigenvalue weighted by Crippen LogP contribution is -2.18. The molecule has 0 radical (unpaired) electrons. The van der Waals surface area contributed by atoms with Crippen LogP contribution in [-0.4, -0.2) is 6.36 Å². The molecule has 0 amide bonds. The lowest BCUT2D eigenvalue weighted by Gasteiger charge is -2.12. The van der Waals surface area contributed by atoms with Crippen LogP contribution < -0.4 is 16.2 Å². The number of ether oxygens (including phenoxy) is 1. The Kier molecular flexibility index (Phi) is 2.79. The fraction of sp³-hybridized carbons (Fsp3) is 0.143. The summed E-state index contributed by atoms with van der Waals surface area (Å²) in [6, 6.07) is 2.41. The van der Waals surface area contributed by atoms with Gasteiger partial charge in [-0.25, -0.2) is 0 Å². The van der Waals surface area contributed by atoms with Crippen molar-refractivity contribution in [3.63, 3.8) is 0 Å². The van der Waals surface area contributed by atoms with Gasteiger partial charge in [0.25, 0.3) is 0 Å². The summed E-state index contributed by atoms with van der Waals surface area (Å²) in [4.78, 5) is 0. The SMILES string of the molecule is Nc1c(Br)ccc(OC(F)(F)F)c1N. The van der Waals surface area contributed by atoms with E-state index in [0.29, 0.717) is 4.47 Å². The largest absolute Gasteiger partial charge is 0.573 e. The van der Waals surface area contributed by atoms with Crippen LogP contribution in [-0.2, 0) is 0 Å². The Balaban J connectivity index is 3.06. The Labute approximate surface area is 86.0 Å². The van der Waals surface area contributed by atoms with E-state index in [2.05, 4.69) is 20.7 Å². The van der Waals surface area contributed by atoms with Crippen LogP contribution in [0.3, 0.4) is 0 Å². The minimum Gasteiger partial charge on any atom is -0.403 e. The van der Waals surface area contributed by atoms with E-state index in [1.165, 1.54) is 6.07 Å². The van der Waals surface area contributed by atoms with Crippen molar-refractivity contribution in [2.45, 2.75) is 6.36 Å². The average Bonchev–Trinajstić information content (AvgIpc) is 2.04. The van der Waals surface area contributed by atoms with Gasteiger partial charge in [-0.15, -0.1) is 13.2 Å². The maximum absolute atomic E-state index is 11.8. The Morgan fingerprint density at radius 2 is 1.71 bits per heavy atom. The van der Waals surface area contributed by atoms with E-state index in [0.717, 1.165) is 6.07 Å². The van der Waals surface area contributed by atoms with E-state index in [4.69, 9.17) is 11.5 Å². The van der Waals surface area contributed by atoms with E-state index < -0.39 is 12.1 Å². The molecule has 0 unspecified atom stereocenters. The molecule has 0 spiro atoms. The van der Waals surface area contributed by atoms with E-state index in [-0.39, 0.29) is 11.4 Å². The molecule has 3 nitrogen and oxygen atoms in total. The molecule has 78 valence electrons. The number of anilines is 2. The van der Waals surface area contributed by atoms with Crippen molar-refractivity contribution in [2.24, 2.45) is 0 Å². The van der Waals surface area contributed by atoms with Gasteiger partial charge in [-0.2, -0.15) is 0 Å². The number of rotatable bonds is 1. The predicted molar refractivity (Wildman–Crippen MR) is 49.6 cm³/mol. The molecule has 0 saturated carbocycles. The van der Waals surface area contributed by atoms with E-state index in [9.17, 15) is 13.2 Å². The molecule has 7 heteroatoms. The van der Waals surface area contributed by atoms with Crippen LogP contribution in [0.5, 0.6) is 5.75 Å². The molecular formula is C7H6BrF3N2O. The molecule has 1 aromatic rings. The molecule has 0 aliphatic heterocycles. The second-order valence-corrected chi connectivity index (χ2v) is 3.28. The van der Waals surface area contributed by atoms with E-state index in [1.807, 2.05) is 0 Å². The van der Waals surface area contributed by atoms with Gasteiger partial charge < -0.3 is 16.2 Å². The highest BCUT2D eigenvalue weighted by molar-refractivity contribution is 9.10. The molecule has 14 heavy (non-hydrogen) atoms. The summed E-state index contributed by atoms with van der Waals surface area (Å²) in [5.41, 5.74) is 10.5. The van der Waals surface area contributed by atoms with Gasteiger partial charge in [0.1, 0.15) is 0 Å². The standard InChI is InChI=1S/C7H6BrF3N2O/c8-3-1-2-4(6(13)5(3)12)14-7(9,10)11/h1-2H,12-13H2. The van der Waals surface area contributed by atoms with Crippen LogP contribution in [0.25, 0.3) is 0 Å². The first kappa shape index (κ1) is 11.0. The van der Waals surface area contributed by atoms with E-state index in [1.54, 1.807) is 0 Å². The monoisotopic (exact) mass is 270 g/mol. The third kappa shape index (κ3) is 2.44. The molecule has 0 saturated heterocycles. The van der Waals surface area contributed by atoms with Gasteiger partial charge in [-0.05, 0) is 28.1 Å².